The molecule has 0 radical (unpaired) electrons. The zero-order chi connectivity index (χ0) is 17.3. The molecule has 126 valence electrons. The number of rotatable bonds is 4. The molecule has 3 rings (SSSR count). The van der Waals surface area contributed by atoms with Gasteiger partial charge in [0.2, 0.25) is 0 Å². The second kappa shape index (κ2) is 6.35. The number of nitrogens with one attached hydrogen (secondary N) is 1. The van der Waals surface area contributed by atoms with Crippen LogP contribution in [0.1, 0.15) is 12.0 Å². The molecule has 0 aliphatic rings. The van der Waals surface area contributed by atoms with E-state index in [1.54, 1.807) is 36.5 Å². The molecule has 0 aliphatic carbocycles. The zero-order valence-electron chi connectivity index (χ0n) is 12.7. The second-order valence-corrected chi connectivity index (χ2v) is 6.03. The van der Waals surface area contributed by atoms with Crippen LogP contribution in [0.4, 0.5) is 13.2 Å². The molecule has 0 saturated heterocycles. The fourth-order valence-electron chi connectivity index (χ4n) is 2.44. The Labute approximate surface area is 139 Å². The lowest BCUT2D eigenvalue weighted by atomic mass is 10.1. The standard InChI is InChI=1S/C16H14F3N3OS/c1-24-15-21-13-12(7-9-20-13)14(23)22(15)11-4-2-10(3-5-11)6-8-16(17,18)19/h2-5,7,9,20H,6,8H2,1H3. The van der Waals surface area contributed by atoms with Gasteiger partial charge in [0, 0.05) is 12.6 Å². The van der Waals surface area contributed by atoms with Crippen molar-refractivity contribution in [3.05, 3.63) is 52.4 Å². The van der Waals surface area contributed by atoms with E-state index >= 15 is 0 Å². The molecule has 0 atom stereocenters. The van der Waals surface area contributed by atoms with Crippen molar-refractivity contribution in [3.8, 4) is 5.69 Å². The van der Waals surface area contributed by atoms with Gasteiger partial charge in [0.15, 0.2) is 5.16 Å². The van der Waals surface area contributed by atoms with E-state index in [2.05, 4.69) is 9.97 Å². The van der Waals surface area contributed by atoms with Crippen molar-refractivity contribution < 1.29 is 13.2 Å². The summed E-state index contributed by atoms with van der Waals surface area (Å²) in [7, 11) is 0. The summed E-state index contributed by atoms with van der Waals surface area (Å²) in [5.74, 6) is 0. The van der Waals surface area contributed by atoms with Gasteiger partial charge in [-0.1, -0.05) is 23.9 Å². The maximum atomic E-state index is 12.7. The highest BCUT2D eigenvalue weighted by Gasteiger charge is 2.26. The summed E-state index contributed by atoms with van der Waals surface area (Å²) in [6.07, 6.45) is -1.66. The highest BCUT2D eigenvalue weighted by atomic mass is 32.2. The fraction of sp³-hybridized carbons (Fsp3) is 0.250. The molecule has 0 amide bonds. The van der Waals surface area contributed by atoms with Gasteiger partial charge in [-0.25, -0.2) is 4.98 Å². The van der Waals surface area contributed by atoms with Gasteiger partial charge in [0.05, 0.1) is 11.1 Å². The Morgan fingerprint density at radius 2 is 1.92 bits per heavy atom. The van der Waals surface area contributed by atoms with Crippen LogP contribution in [-0.2, 0) is 6.42 Å². The molecule has 0 spiro atoms. The number of thioether (sulfide) groups is 1. The Balaban J connectivity index is 1.98. The van der Waals surface area contributed by atoms with E-state index in [-0.39, 0.29) is 12.0 Å². The molecule has 4 nitrogen and oxygen atoms in total. The summed E-state index contributed by atoms with van der Waals surface area (Å²) >= 11 is 1.32. The molecule has 1 aromatic carbocycles. The molecule has 0 unspecified atom stereocenters. The molecular weight excluding hydrogens is 339 g/mol. The van der Waals surface area contributed by atoms with Crippen LogP contribution in [-0.4, -0.2) is 27.0 Å². The van der Waals surface area contributed by atoms with Crippen LogP contribution >= 0.6 is 11.8 Å². The third-order valence-corrected chi connectivity index (χ3v) is 4.27. The smallest absolute Gasteiger partial charge is 0.346 e. The van der Waals surface area contributed by atoms with Gasteiger partial charge in [-0.05, 0) is 36.4 Å². The van der Waals surface area contributed by atoms with E-state index in [4.69, 9.17) is 0 Å². The lowest BCUT2D eigenvalue weighted by molar-refractivity contribution is -0.133. The van der Waals surface area contributed by atoms with Crippen LogP contribution in [0.25, 0.3) is 16.7 Å². The van der Waals surface area contributed by atoms with Crippen molar-refractivity contribution in [2.75, 3.05) is 6.26 Å². The van der Waals surface area contributed by atoms with Gasteiger partial charge in [-0.15, -0.1) is 0 Å². The van der Waals surface area contributed by atoms with E-state index in [0.29, 0.717) is 27.4 Å². The van der Waals surface area contributed by atoms with Gasteiger partial charge in [-0.3, -0.25) is 9.36 Å². The second-order valence-electron chi connectivity index (χ2n) is 5.26. The summed E-state index contributed by atoms with van der Waals surface area (Å²) in [4.78, 5) is 20.0. The Morgan fingerprint density at radius 3 is 2.54 bits per heavy atom. The van der Waals surface area contributed by atoms with Crippen molar-refractivity contribution >= 4 is 22.8 Å². The van der Waals surface area contributed by atoms with Crippen molar-refractivity contribution in [2.24, 2.45) is 0 Å². The number of hydrogen-bond acceptors (Lipinski definition) is 3. The van der Waals surface area contributed by atoms with Crippen molar-refractivity contribution in [1.29, 1.82) is 0 Å². The Kier molecular flexibility index (Phi) is 4.40. The summed E-state index contributed by atoms with van der Waals surface area (Å²) in [6.45, 7) is 0. The first-order chi connectivity index (χ1) is 11.4. The van der Waals surface area contributed by atoms with Gasteiger partial charge >= 0.3 is 6.18 Å². The molecule has 0 aliphatic heterocycles. The third-order valence-electron chi connectivity index (χ3n) is 3.63. The molecule has 8 heteroatoms. The van der Waals surface area contributed by atoms with Crippen molar-refractivity contribution in [3.63, 3.8) is 0 Å². The number of aromatic amines is 1. The van der Waals surface area contributed by atoms with E-state index in [9.17, 15) is 18.0 Å². The summed E-state index contributed by atoms with van der Waals surface area (Å²) < 4.78 is 38.4. The summed E-state index contributed by atoms with van der Waals surface area (Å²) in [5.41, 5.74) is 1.46. The van der Waals surface area contributed by atoms with Crippen LogP contribution in [0.2, 0.25) is 0 Å². The number of aryl methyl sites for hydroxylation is 1. The highest BCUT2D eigenvalue weighted by Crippen LogP contribution is 2.23. The fourth-order valence-corrected chi connectivity index (χ4v) is 2.99. The van der Waals surface area contributed by atoms with Crippen molar-refractivity contribution in [1.82, 2.24) is 14.5 Å². The number of hydrogen-bond donors (Lipinski definition) is 1. The van der Waals surface area contributed by atoms with Crippen LogP contribution in [0.5, 0.6) is 0 Å². The zero-order valence-corrected chi connectivity index (χ0v) is 13.5. The number of alkyl halides is 3. The number of H-pyrrole nitrogens is 1. The minimum atomic E-state index is -4.18. The first-order valence-corrected chi connectivity index (χ1v) is 8.42. The number of nitrogens with zero attached hydrogens (tertiary/aromatic N) is 2. The van der Waals surface area contributed by atoms with E-state index in [0.717, 1.165) is 0 Å². The van der Waals surface area contributed by atoms with Crippen LogP contribution in [0.15, 0.2) is 46.5 Å². The number of halogens is 3. The molecule has 2 heterocycles. The lowest BCUT2D eigenvalue weighted by Crippen LogP contribution is -2.21. The summed E-state index contributed by atoms with van der Waals surface area (Å²) in [6, 6.07) is 8.17. The first kappa shape index (κ1) is 16.6. The SMILES string of the molecule is CSc1nc2[nH]ccc2c(=O)n1-c1ccc(CCC(F)(F)F)cc1. The van der Waals surface area contributed by atoms with Gasteiger partial charge in [-0.2, -0.15) is 13.2 Å². The van der Waals surface area contributed by atoms with Crippen molar-refractivity contribution in [2.45, 2.75) is 24.2 Å². The molecule has 2 aromatic heterocycles. The predicted molar refractivity (Wildman–Crippen MR) is 87.8 cm³/mol. The molecule has 0 saturated carbocycles. The lowest BCUT2D eigenvalue weighted by Gasteiger charge is -2.11. The normalized spacial score (nSPS) is 12.0. The molecule has 0 bridgehead atoms. The Bertz CT molecular complexity index is 913. The van der Waals surface area contributed by atoms with Gasteiger partial charge < -0.3 is 4.98 Å². The average molecular weight is 353 g/mol. The summed E-state index contributed by atoms with van der Waals surface area (Å²) in [5, 5.41) is 0.979. The van der Waals surface area contributed by atoms with E-state index < -0.39 is 12.6 Å². The van der Waals surface area contributed by atoms with Gasteiger partial charge in [0.1, 0.15) is 5.65 Å². The first-order valence-electron chi connectivity index (χ1n) is 7.19. The third kappa shape index (κ3) is 3.33. The van der Waals surface area contributed by atoms with Crippen LogP contribution in [0, 0.1) is 0 Å². The van der Waals surface area contributed by atoms with Crippen LogP contribution in [0.3, 0.4) is 0 Å². The monoisotopic (exact) mass is 353 g/mol. The molecule has 3 aromatic rings. The van der Waals surface area contributed by atoms with E-state index in [1.807, 2.05) is 6.26 Å². The molecule has 1 N–H and O–H groups in total. The molecule has 24 heavy (non-hydrogen) atoms. The number of fused-ring (bicyclic) bond motifs is 1. The predicted octanol–water partition coefficient (Wildman–Crippen LogP) is 3.93. The van der Waals surface area contributed by atoms with E-state index in [1.165, 1.54) is 16.3 Å². The minimum Gasteiger partial charge on any atom is -0.346 e. The van der Waals surface area contributed by atoms with Crippen LogP contribution < -0.4 is 5.56 Å². The maximum Gasteiger partial charge on any atom is 0.389 e. The molecular formula is C16H14F3N3OS. The molecule has 0 fully saturated rings. The number of aromatic nitrogens is 3. The Hall–Kier alpha value is -2.22. The minimum absolute atomic E-state index is 0.0802. The number of benzene rings is 1. The highest BCUT2D eigenvalue weighted by molar-refractivity contribution is 7.98. The van der Waals surface area contributed by atoms with Gasteiger partial charge in [0.25, 0.3) is 5.56 Å². The Morgan fingerprint density at radius 1 is 1.21 bits per heavy atom. The maximum absolute atomic E-state index is 12.7. The largest absolute Gasteiger partial charge is 0.389 e. The quantitative estimate of drug-likeness (QED) is 0.571. The average Bonchev–Trinajstić information content (AvgIpc) is 3.01. The topological polar surface area (TPSA) is 50.7 Å².